The van der Waals surface area contributed by atoms with Gasteiger partial charge < -0.3 is 0 Å². The second kappa shape index (κ2) is 14.5. The zero-order valence-corrected chi connectivity index (χ0v) is 16.5. The van der Waals surface area contributed by atoms with Gasteiger partial charge in [-0.15, -0.1) is 0 Å². The second-order valence-corrected chi connectivity index (χ2v) is 9.52. The molecule has 0 spiro atoms. The molecule has 0 saturated heterocycles. The molecule has 0 saturated carbocycles. The molecule has 0 bridgehead atoms. The summed E-state index contributed by atoms with van der Waals surface area (Å²) in [4.78, 5) is 0. The van der Waals surface area contributed by atoms with E-state index in [-0.39, 0.29) is 0 Å². The van der Waals surface area contributed by atoms with E-state index in [1.54, 1.807) is 5.19 Å². The molecule has 0 fully saturated rings. The Morgan fingerprint density at radius 3 is 1.70 bits per heavy atom. The van der Waals surface area contributed by atoms with Crippen LogP contribution in [-0.4, -0.2) is 8.80 Å². The van der Waals surface area contributed by atoms with Crippen molar-refractivity contribution in [3.63, 3.8) is 0 Å². The fourth-order valence-corrected chi connectivity index (χ4v) is 5.42. The van der Waals surface area contributed by atoms with Crippen molar-refractivity contribution in [2.75, 3.05) is 0 Å². The van der Waals surface area contributed by atoms with E-state index in [2.05, 4.69) is 68.5 Å². The van der Waals surface area contributed by atoms with Gasteiger partial charge in [0.25, 0.3) is 0 Å². The Bertz CT molecular complexity index is 397. The minimum atomic E-state index is -0.883. The zero-order valence-electron chi connectivity index (χ0n) is 15.3. The lowest BCUT2D eigenvalue weighted by Gasteiger charge is -2.11. The van der Waals surface area contributed by atoms with Crippen LogP contribution in [0.3, 0.4) is 0 Å². The maximum Gasteiger partial charge on any atom is 0.0782 e. The van der Waals surface area contributed by atoms with E-state index in [1.165, 1.54) is 63.5 Å². The maximum absolute atomic E-state index is 2.46. The third kappa shape index (κ3) is 10.3. The van der Waals surface area contributed by atoms with Gasteiger partial charge >= 0.3 is 0 Å². The molecule has 0 amide bonds. The third-order valence-corrected chi connectivity index (χ3v) is 7.40. The summed E-state index contributed by atoms with van der Waals surface area (Å²) in [5.41, 5.74) is 0. The van der Waals surface area contributed by atoms with E-state index in [0.717, 1.165) is 0 Å². The van der Waals surface area contributed by atoms with E-state index < -0.39 is 8.80 Å². The van der Waals surface area contributed by atoms with E-state index >= 15 is 0 Å². The van der Waals surface area contributed by atoms with Crippen LogP contribution in [-0.2, 0) is 0 Å². The molecule has 0 heterocycles. The summed E-state index contributed by atoms with van der Waals surface area (Å²) in [7, 11) is -0.883. The van der Waals surface area contributed by atoms with Crippen LogP contribution in [0.4, 0.5) is 0 Å². The molecule has 1 aromatic rings. The molecule has 0 aliphatic carbocycles. The largest absolute Gasteiger partial charge is 0.0911 e. The molecule has 0 aliphatic heterocycles. The Kier molecular flexibility index (Phi) is 12.6. The molecule has 0 radical (unpaired) electrons. The molecule has 128 valence electrons. The number of rotatable bonds is 13. The molecule has 0 unspecified atom stereocenters. The van der Waals surface area contributed by atoms with Gasteiger partial charge in [-0.05, 0) is 37.8 Å². The average molecular weight is 329 g/mol. The first-order valence-electron chi connectivity index (χ1n) is 9.73. The van der Waals surface area contributed by atoms with Gasteiger partial charge in [0.05, 0.1) is 8.80 Å². The molecule has 23 heavy (non-hydrogen) atoms. The van der Waals surface area contributed by atoms with E-state index in [4.69, 9.17) is 0 Å². The molecule has 0 N–H and O–H groups in total. The summed E-state index contributed by atoms with van der Waals surface area (Å²) in [5.74, 6) is 0. The van der Waals surface area contributed by atoms with Crippen LogP contribution in [0.5, 0.6) is 0 Å². The zero-order chi connectivity index (χ0) is 16.6. The maximum atomic E-state index is 2.46. The van der Waals surface area contributed by atoms with Gasteiger partial charge in [0.15, 0.2) is 0 Å². The van der Waals surface area contributed by atoms with Crippen LogP contribution in [0.1, 0.15) is 65.2 Å². The lowest BCUT2D eigenvalue weighted by atomic mass is 10.2. The molecule has 0 nitrogen and oxygen atoms in total. The minimum Gasteiger partial charge on any atom is -0.0911 e. The highest BCUT2D eigenvalue weighted by Crippen LogP contribution is 2.07. The number of benzene rings is 1. The van der Waals surface area contributed by atoms with E-state index in [1.807, 2.05) is 0 Å². The lowest BCUT2D eigenvalue weighted by molar-refractivity contribution is 0.729. The summed E-state index contributed by atoms with van der Waals surface area (Å²) in [5, 5.41) is 1.61. The van der Waals surface area contributed by atoms with Crippen molar-refractivity contribution < 1.29 is 0 Å². The van der Waals surface area contributed by atoms with Crippen molar-refractivity contribution in [3.05, 3.63) is 54.6 Å². The molecule has 0 aromatic heterocycles. The second-order valence-electron chi connectivity index (χ2n) is 6.51. The van der Waals surface area contributed by atoms with E-state index in [9.17, 15) is 0 Å². The number of allylic oxidation sites excluding steroid dienone is 4. The van der Waals surface area contributed by atoms with Crippen LogP contribution in [0.2, 0.25) is 12.1 Å². The molecule has 1 rings (SSSR count). The molecular weight excluding hydrogens is 292 g/mol. The summed E-state index contributed by atoms with van der Waals surface area (Å²) in [6, 6.07) is 13.8. The lowest BCUT2D eigenvalue weighted by Crippen LogP contribution is -2.28. The van der Waals surface area contributed by atoms with Gasteiger partial charge in [-0.1, -0.05) is 99.4 Å². The van der Waals surface area contributed by atoms with Crippen molar-refractivity contribution in [2.24, 2.45) is 0 Å². The molecular formula is C22H36Si. The SMILES string of the molecule is CCCCC/C=C/C[SiH](C/C=C/CCCCC)c1ccccc1. The molecule has 0 atom stereocenters. The Morgan fingerprint density at radius 2 is 1.22 bits per heavy atom. The van der Waals surface area contributed by atoms with Crippen molar-refractivity contribution in [3.8, 4) is 0 Å². The highest BCUT2D eigenvalue weighted by Gasteiger charge is 2.09. The van der Waals surface area contributed by atoms with Crippen molar-refractivity contribution in [1.29, 1.82) is 0 Å². The Balaban J connectivity index is 2.43. The average Bonchev–Trinajstić information content (AvgIpc) is 2.60. The minimum absolute atomic E-state index is 0.883. The van der Waals surface area contributed by atoms with Crippen molar-refractivity contribution in [2.45, 2.75) is 77.3 Å². The van der Waals surface area contributed by atoms with Crippen LogP contribution in [0.15, 0.2) is 54.6 Å². The smallest absolute Gasteiger partial charge is 0.0782 e. The van der Waals surface area contributed by atoms with Gasteiger partial charge in [-0.25, -0.2) is 0 Å². The first-order chi connectivity index (χ1) is 11.4. The number of hydrogen-bond donors (Lipinski definition) is 0. The van der Waals surface area contributed by atoms with Crippen LogP contribution >= 0.6 is 0 Å². The molecule has 0 aliphatic rings. The fraction of sp³-hybridized carbons (Fsp3) is 0.545. The predicted molar refractivity (Wildman–Crippen MR) is 109 cm³/mol. The highest BCUT2D eigenvalue weighted by atomic mass is 28.3. The van der Waals surface area contributed by atoms with Crippen molar-refractivity contribution >= 4 is 14.0 Å². The Hall–Kier alpha value is -1.08. The summed E-state index contributed by atoms with van der Waals surface area (Å²) < 4.78 is 0. The topological polar surface area (TPSA) is 0 Å². The summed E-state index contributed by atoms with van der Waals surface area (Å²) in [6.45, 7) is 4.55. The first kappa shape index (κ1) is 20.0. The highest BCUT2D eigenvalue weighted by molar-refractivity contribution is 6.74. The Labute approximate surface area is 146 Å². The number of hydrogen-bond acceptors (Lipinski definition) is 0. The molecule has 1 aromatic carbocycles. The fourth-order valence-electron chi connectivity index (χ4n) is 2.87. The predicted octanol–water partition coefficient (Wildman–Crippen LogP) is 6.39. The van der Waals surface area contributed by atoms with Gasteiger partial charge in [-0.3, -0.25) is 0 Å². The first-order valence-corrected chi connectivity index (χ1v) is 11.9. The normalized spacial score (nSPS) is 12.0. The van der Waals surface area contributed by atoms with Crippen molar-refractivity contribution in [1.82, 2.24) is 0 Å². The van der Waals surface area contributed by atoms with Gasteiger partial charge in [-0.2, -0.15) is 0 Å². The van der Waals surface area contributed by atoms with Gasteiger partial charge in [0, 0.05) is 0 Å². The Morgan fingerprint density at radius 1 is 0.696 bits per heavy atom. The quantitative estimate of drug-likeness (QED) is 0.223. The molecule has 1 heteroatoms. The summed E-state index contributed by atoms with van der Waals surface area (Å²) in [6.07, 6.45) is 20.4. The third-order valence-electron chi connectivity index (χ3n) is 4.39. The number of unbranched alkanes of at least 4 members (excludes halogenated alkanes) is 6. The van der Waals surface area contributed by atoms with Gasteiger partial charge in [0.1, 0.15) is 0 Å². The van der Waals surface area contributed by atoms with Gasteiger partial charge in [0.2, 0.25) is 0 Å². The standard InChI is InChI=1S/C22H36Si/c1-3-5-7-9-11-16-20-23(22-18-14-13-15-19-22)21-17-12-10-8-6-4-2/h11-19,23H,3-10,20-21H2,1-2H3/b16-11+,17-12+. The van der Waals surface area contributed by atoms with E-state index in [0.29, 0.717) is 0 Å². The van der Waals surface area contributed by atoms with Crippen LogP contribution in [0, 0.1) is 0 Å². The summed E-state index contributed by atoms with van der Waals surface area (Å²) >= 11 is 0. The van der Waals surface area contributed by atoms with Crippen LogP contribution in [0.25, 0.3) is 0 Å². The monoisotopic (exact) mass is 328 g/mol. The van der Waals surface area contributed by atoms with Crippen LogP contribution < -0.4 is 5.19 Å².